The van der Waals surface area contributed by atoms with Gasteiger partial charge in [0.1, 0.15) is 6.61 Å². The Morgan fingerprint density at radius 2 is 1.88 bits per heavy atom. The molecule has 0 aliphatic rings. The number of nitro groups is 1. The highest BCUT2D eigenvalue weighted by Crippen LogP contribution is 2.19. The first-order chi connectivity index (χ1) is 12.5. The zero-order valence-electron chi connectivity index (χ0n) is 13.7. The molecule has 0 amide bonds. The van der Waals surface area contributed by atoms with Gasteiger partial charge < -0.3 is 14.2 Å². The second-order valence-electron chi connectivity index (χ2n) is 5.12. The average Bonchev–Trinajstić information content (AvgIpc) is 2.62. The third-order valence-corrected chi connectivity index (χ3v) is 3.32. The van der Waals surface area contributed by atoms with Crippen LogP contribution in [0.3, 0.4) is 0 Å². The smallest absolute Gasteiger partial charge is 0.497 e. The van der Waals surface area contributed by atoms with Gasteiger partial charge in [0.25, 0.3) is 5.69 Å². The summed E-state index contributed by atoms with van der Waals surface area (Å²) in [6, 6.07) is 9.89. The van der Waals surface area contributed by atoms with Crippen molar-refractivity contribution in [2.24, 2.45) is 0 Å². The van der Waals surface area contributed by atoms with Gasteiger partial charge in [-0.15, -0.1) is 0 Å². The maximum absolute atomic E-state index is 13.9. The number of non-ortho nitro benzene ring substituents is 1. The van der Waals surface area contributed by atoms with Crippen molar-refractivity contribution >= 4 is 11.8 Å². The Kier molecular flexibility index (Phi) is 6.67. The van der Waals surface area contributed by atoms with Crippen LogP contribution in [0.25, 0.3) is 0 Å². The molecule has 2 rings (SSSR count). The van der Waals surface area contributed by atoms with E-state index in [4.69, 9.17) is 14.2 Å². The maximum Gasteiger partial charge on any atom is 0.513 e. The largest absolute Gasteiger partial charge is 0.513 e. The summed E-state index contributed by atoms with van der Waals surface area (Å²) in [5, 5.41) is 10.6. The summed E-state index contributed by atoms with van der Waals surface area (Å²) in [5.74, 6) is -0.977. The number of hydrogen-bond donors (Lipinski definition) is 0. The molecule has 136 valence electrons. The van der Waals surface area contributed by atoms with Crippen molar-refractivity contribution in [1.82, 2.24) is 0 Å². The van der Waals surface area contributed by atoms with Crippen molar-refractivity contribution in [3.63, 3.8) is 0 Å². The van der Waals surface area contributed by atoms with Gasteiger partial charge in [-0.25, -0.2) is 9.18 Å². The van der Waals surface area contributed by atoms with E-state index in [0.717, 1.165) is 5.56 Å². The van der Waals surface area contributed by atoms with E-state index in [9.17, 15) is 19.3 Å². The Morgan fingerprint density at radius 1 is 1.19 bits per heavy atom. The van der Waals surface area contributed by atoms with Crippen LogP contribution in [-0.2, 0) is 22.5 Å². The molecule has 0 unspecified atom stereocenters. The molecule has 8 heteroatoms. The number of carbonyl (C=O) groups excluding carboxylic acids is 1. The van der Waals surface area contributed by atoms with Crippen LogP contribution in [0, 0.1) is 15.9 Å². The number of halogens is 1. The van der Waals surface area contributed by atoms with Crippen molar-refractivity contribution in [2.45, 2.75) is 13.0 Å². The monoisotopic (exact) mass is 361 g/mol. The lowest BCUT2D eigenvalue weighted by molar-refractivity contribution is -0.384. The van der Waals surface area contributed by atoms with Crippen molar-refractivity contribution < 1.29 is 28.3 Å². The molecule has 0 saturated carbocycles. The number of nitro benzene ring substituents is 1. The fourth-order valence-electron chi connectivity index (χ4n) is 2.03. The summed E-state index contributed by atoms with van der Waals surface area (Å²) in [6.07, 6.45) is 0.541. The molecular weight excluding hydrogens is 345 g/mol. The minimum absolute atomic E-state index is 0.0104. The molecular formula is C18H16FNO6. The second kappa shape index (κ2) is 9.16. The lowest BCUT2D eigenvalue weighted by atomic mass is 10.1. The normalized spacial score (nSPS) is 10.0. The summed E-state index contributed by atoms with van der Waals surface area (Å²) >= 11 is 0. The summed E-state index contributed by atoms with van der Waals surface area (Å²) in [7, 11) is 0. The zero-order chi connectivity index (χ0) is 18.9. The quantitative estimate of drug-likeness (QED) is 0.231. The lowest BCUT2D eigenvalue weighted by Crippen LogP contribution is -2.13. The third-order valence-electron chi connectivity index (χ3n) is 3.32. The Balaban J connectivity index is 1.81. The summed E-state index contributed by atoms with van der Waals surface area (Å²) in [4.78, 5) is 21.7. The number of rotatable bonds is 8. The average molecular weight is 361 g/mol. The molecule has 0 aliphatic carbocycles. The van der Waals surface area contributed by atoms with Crippen LogP contribution < -0.4 is 4.74 Å². The zero-order valence-corrected chi connectivity index (χ0v) is 13.7. The maximum atomic E-state index is 13.9. The second-order valence-corrected chi connectivity index (χ2v) is 5.12. The highest BCUT2D eigenvalue weighted by atomic mass is 19.1. The third kappa shape index (κ3) is 5.59. The molecule has 0 aromatic heterocycles. The molecule has 2 aromatic rings. The molecule has 0 saturated heterocycles. The number of hydrogen-bond acceptors (Lipinski definition) is 6. The van der Waals surface area contributed by atoms with Crippen LogP contribution >= 0.6 is 0 Å². The number of benzene rings is 2. The Bertz CT molecular complexity index is 791. The van der Waals surface area contributed by atoms with E-state index < -0.39 is 16.9 Å². The van der Waals surface area contributed by atoms with Crippen LogP contribution in [0.1, 0.15) is 11.1 Å². The van der Waals surface area contributed by atoms with Gasteiger partial charge >= 0.3 is 6.16 Å². The van der Waals surface area contributed by atoms with Gasteiger partial charge in [0, 0.05) is 18.6 Å². The minimum atomic E-state index is -1.04. The number of ether oxygens (including phenoxy) is 3. The van der Waals surface area contributed by atoms with Crippen LogP contribution in [-0.4, -0.2) is 17.7 Å². The topological polar surface area (TPSA) is 87.9 Å². The Labute approximate surface area is 148 Å². The molecule has 0 fully saturated rings. The van der Waals surface area contributed by atoms with E-state index in [1.165, 1.54) is 30.5 Å². The molecule has 0 radical (unpaired) electrons. The predicted molar refractivity (Wildman–Crippen MR) is 90.2 cm³/mol. The summed E-state index contributed by atoms with van der Waals surface area (Å²) in [5.41, 5.74) is 1.29. The highest BCUT2D eigenvalue weighted by Gasteiger charge is 2.12. The van der Waals surface area contributed by atoms with Crippen LogP contribution in [0.5, 0.6) is 5.75 Å². The van der Waals surface area contributed by atoms with Crippen LogP contribution in [0.2, 0.25) is 0 Å². The van der Waals surface area contributed by atoms with Gasteiger partial charge in [-0.2, -0.15) is 0 Å². The van der Waals surface area contributed by atoms with Crippen molar-refractivity contribution in [3.8, 4) is 5.75 Å². The number of carbonyl (C=O) groups is 1. The fraction of sp³-hybridized carbons (Fsp3) is 0.167. The molecule has 0 spiro atoms. The minimum Gasteiger partial charge on any atom is -0.497 e. The molecule has 0 aliphatic heterocycles. The molecule has 26 heavy (non-hydrogen) atoms. The van der Waals surface area contributed by atoms with E-state index >= 15 is 0 Å². The first kappa shape index (κ1) is 18.9. The number of nitrogens with zero attached hydrogens (tertiary/aromatic N) is 1. The summed E-state index contributed by atoms with van der Waals surface area (Å²) < 4.78 is 28.5. The molecule has 0 heterocycles. The molecule has 0 atom stereocenters. The standard InChI is InChI=1S/C18H16FNO6/c1-2-24-12-14-5-8-17(16(19)11-14)26-18(21)25-10-9-13-3-6-15(7-4-13)20(22)23/h2-8,11H,1,9-10,12H2. The Hall–Kier alpha value is -3.42. The predicted octanol–water partition coefficient (Wildman–Crippen LogP) is 4.15. The molecule has 0 bridgehead atoms. The Morgan fingerprint density at radius 3 is 2.50 bits per heavy atom. The van der Waals surface area contributed by atoms with Gasteiger partial charge in [-0.1, -0.05) is 24.8 Å². The van der Waals surface area contributed by atoms with E-state index in [1.54, 1.807) is 18.2 Å². The van der Waals surface area contributed by atoms with Crippen molar-refractivity contribution in [3.05, 3.63) is 82.4 Å². The van der Waals surface area contributed by atoms with Gasteiger partial charge in [-0.3, -0.25) is 10.1 Å². The van der Waals surface area contributed by atoms with Crippen LogP contribution in [0.4, 0.5) is 14.9 Å². The van der Waals surface area contributed by atoms with Gasteiger partial charge in [-0.05, 0) is 23.3 Å². The highest BCUT2D eigenvalue weighted by molar-refractivity contribution is 5.63. The van der Waals surface area contributed by atoms with E-state index in [2.05, 4.69) is 6.58 Å². The first-order valence-electron chi connectivity index (χ1n) is 7.58. The van der Waals surface area contributed by atoms with Gasteiger partial charge in [0.15, 0.2) is 11.6 Å². The van der Waals surface area contributed by atoms with E-state index in [0.29, 0.717) is 12.0 Å². The van der Waals surface area contributed by atoms with Crippen LogP contribution in [0.15, 0.2) is 55.3 Å². The fourth-order valence-corrected chi connectivity index (χ4v) is 2.03. The molecule has 0 N–H and O–H groups in total. The first-order valence-corrected chi connectivity index (χ1v) is 7.58. The van der Waals surface area contributed by atoms with Gasteiger partial charge in [0.05, 0.1) is 17.8 Å². The molecule has 2 aromatic carbocycles. The van der Waals surface area contributed by atoms with Crippen molar-refractivity contribution in [1.29, 1.82) is 0 Å². The molecule has 7 nitrogen and oxygen atoms in total. The van der Waals surface area contributed by atoms with Crippen molar-refractivity contribution in [2.75, 3.05) is 6.61 Å². The van der Waals surface area contributed by atoms with E-state index in [1.807, 2.05) is 0 Å². The van der Waals surface area contributed by atoms with Gasteiger partial charge in [0.2, 0.25) is 0 Å². The lowest BCUT2D eigenvalue weighted by Gasteiger charge is -2.08. The summed E-state index contributed by atoms with van der Waals surface area (Å²) in [6.45, 7) is 3.53. The van der Waals surface area contributed by atoms with E-state index in [-0.39, 0.29) is 24.7 Å². The SMILES string of the molecule is C=COCc1ccc(OC(=O)OCCc2ccc([N+](=O)[O-])cc2)c(F)c1.